The Morgan fingerprint density at radius 1 is 1.13 bits per heavy atom. The van der Waals surface area contributed by atoms with Crippen molar-refractivity contribution in [2.75, 3.05) is 50.2 Å². The Morgan fingerprint density at radius 3 is 2.57 bits per heavy atom. The first-order chi connectivity index (χ1) is 14.5. The van der Waals surface area contributed by atoms with Gasteiger partial charge in [0, 0.05) is 30.0 Å². The molecule has 0 spiro atoms. The van der Waals surface area contributed by atoms with Crippen LogP contribution >= 0.6 is 0 Å². The van der Waals surface area contributed by atoms with E-state index in [1.54, 1.807) is 25.3 Å². The summed E-state index contributed by atoms with van der Waals surface area (Å²) in [5.41, 5.74) is 3.50. The lowest BCUT2D eigenvalue weighted by Crippen LogP contribution is -2.36. The number of amides is 1. The average molecular weight is 413 g/mol. The molecule has 1 amide bonds. The number of rotatable bonds is 8. The van der Waals surface area contributed by atoms with Crippen molar-refractivity contribution in [3.63, 3.8) is 0 Å². The molecule has 0 aliphatic carbocycles. The molecule has 0 saturated carbocycles. The van der Waals surface area contributed by atoms with Crippen LogP contribution in [-0.2, 0) is 4.74 Å². The molecular formula is C24H32N2O4. The molecule has 162 valence electrons. The number of hydrogen-bond donors (Lipinski definition) is 1. The number of ether oxygens (including phenoxy) is 3. The molecule has 30 heavy (non-hydrogen) atoms. The molecule has 6 heteroatoms. The summed E-state index contributed by atoms with van der Waals surface area (Å²) in [6.07, 6.45) is 0.963. The number of morpholine rings is 1. The number of aryl methyl sites for hydroxylation is 1. The molecule has 0 radical (unpaired) electrons. The fraction of sp³-hybridized carbons (Fsp3) is 0.458. The van der Waals surface area contributed by atoms with Crippen LogP contribution in [0.5, 0.6) is 11.5 Å². The second-order valence-electron chi connectivity index (χ2n) is 7.95. The Morgan fingerprint density at radius 2 is 1.90 bits per heavy atom. The van der Waals surface area contributed by atoms with Gasteiger partial charge >= 0.3 is 0 Å². The molecule has 2 aromatic carbocycles. The molecule has 2 aromatic rings. The van der Waals surface area contributed by atoms with Crippen LogP contribution in [-0.4, -0.2) is 45.9 Å². The van der Waals surface area contributed by atoms with E-state index in [0.29, 0.717) is 29.6 Å². The number of carbonyl (C=O) groups is 1. The van der Waals surface area contributed by atoms with Gasteiger partial charge in [0.1, 0.15) is 0 Å². The van der Waals surface area contributed by atoms with Crippen molar-refractivity contribution in [1.82, 2.24) is 0 Å². The number of benzene rings is 2. The molecule has 1 N–H and O–H groups in total. The van der Waals surface area contributed by atoms with Gasteiger partial charge in [0.25, 0.3) is 5.91 Å². The highest BCUT2D eigenvalue weighted by atomic mass is 16.5. The normalized spacial score (nSPS) is 14.0. The minimum absolute atomic E-state index is 0.177. The summed E-state index contributed by atoms with van der Waals surface area (Å²) in [6.45, 7) is 10.2. The zero-order valence-corrected chi connectivity index (χ0v) is 18.4. The van der Waals surface area contributed by atoms with Gasteiger partial charge in [0.15, 0.2) is 11.5 Å². The monoisotopic (exact) mass is 412 g/mol. The average Bonchev–Trinajstić information content (AvgIpc) is 2.75. The van der Waals surface area contributed by atoms with Crippen LogP contribution < -0.4 is 19.7 Å². The summed E-state index contributed by atoms with van der Waals surface area (Å²) in [5.74, 6) is 1.61. The molecule has 1 aliphatic rings. The molecule has 0 unspecified atom stereocenters. The van der Waals surface area contributed by atoms with E-state index in [0.717, 1.165) is 49.7 Å². The van der Waals surface area contributed by atoms with Crippen molar-refractivity contribution in [3.8, 4) is 11.5 Å². The highest BCUT2D eigenvalue weighted by molar-refractivity contribution is 6.05. The maximum atomic E-state index is 12.8. The minimum atomic E-state index is -0.177. The summed E-state index contributed by atoms with van der Waals surface area (Å²) in [7, 11) is 1.58. The van der Waals surface area contributed by atoms with Crippen molar-refractivity contribution in [3.05, 3.63) is 47.5 Å². The predicted octanol–water partition coefficient (Wildman–Crippen LogP) is 4.52. The Hall–Kier alpha value is -2.73. The molecule has 1 heterocycles. The lowest BCUT2D eigenvalue weighted by atomic mass is 10.1. The largest absolute Gasteiger partial charge is 0.493 e. The first-order valence-corrected chi connectivity index (χ1v) is 10.5. The van der Waals surface area contributed by atoms with E-state index >= 15 is 0 Å². The van der Waals surface area contributed by atoms with Crippen LogP contribution in [0.2, 0.25) is 0 Å². The Kier molecular flexibility index (Phi) is 7.57. The third-order valence-electron chi connectivity index (χ3n) is 5.21. The van der Waals surface area contributed by atoms with E-state index in [-0.39, 0.29) is 5.91 Å². The van der Waals surface area contributed by atoms with Crippen molar-refractivity contribution in [2.45, 2.75) is 27.2 Å². The molecule has 3 rings (SSSR count). The Balaban J connectivity index is 1.67. The Bertz CT molecular complexity index is 860. The SMILES string of the molecule is COc1cc(C(=O)Nc2ccc(N3CCOCC3)cc2C)ccc1OCCC(C)C. The molecule has 0 bridgehead atoms. The Labute approximate surface area is 179 Å². The summed E-state index contributed by atoms with van der Waals surface area (Å²) < 4.78 is 16.7. The first-order valence-electron chi connectivity index (χ1n) is 10.5. The lowest BCUT2D eigenvalue weighted by Gasteiger charge is -2.29. The van der Waals surface area contributed by atoms with Crippen molar-refractivity contribution >= 4 is 17.3 Å². The molecule has 0 atom stereocenters. The molecule has 1 aliphatic heterocycles. The summed E-state index contributed by atoms with van der Waals surface area (Å²) in [5, 5.41) is 3.01. The van der Waals surface area contributed by atoms with Crippen LogP contribution in [0.25, 0.3) is 0 Å². The molecule has 6 nitrogen and oxygen atoms in total. The van der Waals surface area contributed by atoms with Gasteiger partial charge in [-0.3, -0.25) is 4.79 Å². The van der Waals surface area contributed by atoms with E-state index in [9.17, 15) is 4.79 Å². The standard InChI is InChI=1S/C24H32N2O4/c1-17(2)9-12-30-22-8-5-19(16-23(22)28-4)24(27)25-21-7-6-20(15-18(21)3)26-10-13-29-14-11-26/h5-8,15-17H,9-14H2,1-4H3,(H,25,27). The summed E-state index contributed by atoms with van der Waals surface area (Å²) >= 11 is 0. The van der Waals surface area contributed by atoms with E-state index in [4.69, 9.17) is 14.2 Å². The molecule has 0 aromatic heterocycles. The number of methoxy groups -OCH3 is 1. The second-order valence-corrected chi connectivity index (χ2v) is 7.95. The van der Waals surface area contributed by atoms with Crippen LogP contribution in [0, 0.1) is 12.8 Å². The number of carbonyl (C=O) groups excluding carboxylic acids is 1. The van der Waals surface area contributed by atoms with Crippen LogP contribution in [0.3, 0.4) is 0 Å². The van der Waals surface area contributed by atoms with E-state index in [2.05, 4.69) is 30.1 Å². The number of nitrogens with zero attached hydrogens (tertiary/aromatic N) is 1. The second kappa shape index (κ2) is 10.3. The maximum Gasteiger partial charge on any atom is 0.255 e. The van der Waals surface area contributed by atoms with E-state index in [1.807, 2.05) is 19.1 Å². The maximum absolute atomic E-state index is 12.8. The predicted molar refractivity (Wildman–Crippen MR) is 120 cm³/mol. The number of hydrogen-bond acceptors (Lipinski definition) is 5. The van der Waals surface area contributed by atoms with E-state index < -0.39 is 0 Å². The van der Waals surface area contributed by atoms with Gasteiger partial charge in [-0.05, 0) is 61.2 Å². The highest BCUT2D eigenvalue weighted by Crippen LogP contribution is 2.29. The summed E-state index contributed by atoms with van der Waals surface area (Å²) in [6, 6.07) is 11.4. The highest BCUT2D eigenvalue weighted by Gasteiger charge is 2.15. The van der Waals surface area contributed by atoms with Crippen LogP contribution in [0.15, 0.2) is 36.4 Å². The van der Waals surface area contributed by atoms with Gasteiger partial charge in [-0.15, -0.1) is 0 Å². The van der Waals surface area contributed by atoms with Crippen molar-refractivity contribution in [1.29, 1.82) is 0 Å². The fourth-order valence-electron chi connectivity index (χ4n) is 3.33. The van der Waals surface area contributed by atoms with Crippen LogP contribution in [0.1, 0.15) is 36.2 Å². The minimum Gasteiger partial charge on any atom is -0.493 e. The smallest absolute Gasteiger partial charge is 0.255 e. The third-order valence-corrected chi connectivity index (χ3v) is 5.21. The third kappa shape index (κ3) is 5.66. The van der Waals surface area contributed by atoms with Gasteiger partial charge in [-0.1, -0.05) is 13.8 Å². The van der Waals surface area contributed by atoms with Crippen molar-refractivity contribution in [2.24, 2.45) is 5.92 Å². The fourth-order valence-corrected chi connectivity index (χ4v) is 3.33. The lowest BCUT2D eigenvalue weighted by molar-refractivity contribution is 0.102. The van der Waals surface area contributed by atoms with Gasteiger partial charge < -0.3 is 24.4 Å². The molecular weight excluding hydrogens is 380 g/mol. The zero-order chi connectivity index (χ0) is 21.5. The quantitative estimate of drug-likeness (QED) is 0.691. The van der Waals surface area contributed by atoms with Crippen LogP contribution in [0.4, 0.5) is 11.4 Å². The van der Waals surface area contributed by atoms with Gasteiger partial charge in [0.05, 0.1) is 26.9 Å². The van der Waals surface area contributed by atoms with Gasteiger partial charge in [-0.2, -0.15) is 0 Å². The zero-order valence-electron chi connectivity index (χ0n) is 18.4. The first kappa shape index (κ1) is 22.0. The molecule has 1 fully saturated rings. The number of anilines is 2. The van der Waals surface area contributed by atoms with Gasteiger partial charge in [-0.25, -0.2) is 0 Å². The topological polar surface area (TPSA) is 60.0 Å². The van der Waals surface area contributed by atoms with E-state index in [1.165, 1.54) is 0 Å². The van der Waals surface area contributed by atoms with Crippen molar-refractivity contribution < 1.29 is 19.0 Å². The molecule has 1 saturated heterocycles. The summed E-state index contributed by atoms with van der Waals surface area (Å²) in [4.78, 5) is 15.1. The van der Waals surface area contributed by atoms with Gasteiger partial charge in [0.2, 0.25) is 0 Å². The number of nitrogens with one attached hydrogen (secondary N) is 1.